The maximum Gasteiger partial charge on any atom is 0.490 e. The summed E-state index contributed by atoms with van der Waals surface area (Å²) >= 11 is 3.35. The van der Waals surface area contributed by atoms with E-state index in [2.05, 4.69) is 129 Å². The average molecular weight is 1650 g/mol. The predicted octanol–water partition coefficient (Wildman–Crippen LogP) is 5.55. The molecule has 11 aromatic rings. The molecule has 0 radical (unpaired) electrons. The van der Waals surface area contributed by atoms with Crippen LogP contribution in [-0.4, -0.2) is 241 Å². The van der Waals surface area contributed by atoms with Gasteiger partial charge in [0, 0.05) is 25.0 Å². The molecule has 0 spiro atoms. The highest BCUT2D eigenvalue weighted by atomic mass is 79.9. The molecule has 5 aromatic carbocycles. The van der Waals surface area contributed by atoms with Gasteiger partial charge >= 0.3 is 48.2 Å². The summed E-state index contributed by atoms with van der Waals surface area (Å²) in [5.41, 5.74) is 7.54. The Labute approximate surface area is 643 Å². The molecule has 113 heavy (non-hydrogen) atoms. The van der Waals surface area contributed by atoms with Crippen LogP contribution in [0.25, 0.3) is 0 Å². The minimum absolute atomic E-state index is 0.194. The number of hydrogen-bond donors (Lipinski definition) is 7. The van der Waals surface area contributed by atoms with Gasteiger partial charge in [0.05, 0.1) is 81.9 Å². The van der Waals surface area contributed by atoms with Gasteiger partial charge in [0.1, 0.15) is 11.2 Å². The topological polar surface area (TPSA) is 536 Å². The van der Waals surface area contributed by atoms with Crippen LogP contribution in [0.3, 0.4) is 0 Å². The molecule has 1 amide bonds. The molecule has 6 aromatic heterocycles. The van der Waals surface area contributed by atoms with Crippen LogP contribution >= 0.6 is 15.9 Å². The van der Waals surface area contributed by atoms with Gasteiger partial charge in [-0.2, -0.15) is 56.0 Å². The lowest BCUT2D eigenvalue weighted by Crippen LogP contribution is -2.25. The molecule has 0 bridgehead atoms. The van der Waals surface area contributed by atoms with Crippen LogP contribution in [0.4, 0.5) is 26.3 Å². The number of nitrogens with one attached hydrogen (secondary N) is 3. The first-order valence-corrected chi connectivity index (χ1v) is 33.4. The Morgan fingerprint density at radius 3 is 0.991 bits per heavy atom. The van der Waals surface area contributed by atoms with Crippen molar-refractivity contribution >= 4 is 57.7 Å². The van der Waals surface area contributed by atoms with Crippen LogP contribution in [0, 0.1) is 0 Å². The summed E-state index contributed by atoms with van der Waals surface area (Å²) in [6, 6.07) is 34.7. The highest BCUT2D eigenvalue weighted by Gasteiger charge is 2.39. The number of H-pyrrole nitrogens is 2. The number of ether oxygens (including phenoxy) is 2. The number of hydrogen-bond acceptors (Lipinski definition) is 30. The molecule has 48 heteroatoms. The second-order valence-electron chi connectivity index (χ2n) is 24.4. The predicted molar refractivity (Wildman–Crippen MR) is 376 cm³/mol. The van der Waals surface area contributed by atoms with E-state index in [1.807, 2.05) is 71.9 Å². The molecule has 0 aliphatic heterocycles. The number of tetrazole rings is 6. The molecule has 0 saturated heterocycles. The number of aromatic amines is 2. The van der Waals surface area contributed by atoms with Crippen molar-refractivity contribution in [2.75, 3.05) is 28.3 Å². The number of aliphatic carboxylic acids is 2. The van der Waals surface area contributed by atoms with E-state index in [1.165, 1.54) is 45.5 Å². The van der Waals surface area contributed by atoms with Gasteiger partial charge in [0.25, 0.3) is 5.91 Å². The highest BCUT2D eigenvalue weighted by Crippen LogP contribution is 2.19. The molecule has 0 saturated carbocycles. The quantitative estimate of drug-likeness (QED) is 0.0189. The molecular formula is C65H73BrF6N26O15. The minimum Gasteiger partial charge on any atom is -0.478 e. The van der Waals surface area contributed by atoms with Gasteiger partial charge in [0.2, 0.25) is 0 Å². The molecule has 0 aliphatic carbocycles. The number of benzene rings is 5. The van der Waals surface area contributed by atoms with E-state index >= 15 is 0 Å². The first kappa shape index (κ1) is 90.4. The number of carboxylic acid groups (broad SMARTS) is 4. The van der Waals surface area contributed by atoms with Gasteiger partial charge in [-0.25, -0.2) is 39.3 Å². The van der Waals surface area contributed by atoms with Crippen LogP contribution in [0.5, 0.6) is 0 Å². The summed E-state index contributed by atoms with van der Waals surface area (Å²) in [4.78, 5) is 91.1. The average Bonchev–Trinajstić information content (AvgIpc) is 1.79. The fraction of sp³-hybridized carbons (Fsp3) is 0.338. The number of hydroxylamine groups is 3. The number of rotatable bonds is 22. The molecular weight excluding hydrogens is 1580 g/mol. The number of carbonyl (C=O) groups excluding carboxylic acids is 3. The van der Waals surface area contributed by atoms with Gasteiger partial charge in [-0.15, -0.1) is 61.2 Å². The number of alkyl halides is 7. The number of esters is 2. The molecule has 11 rings (SSSR count). The van der Waals surface area contributed by atoms with Crippen LogP contribution in [0.1, 0.15) is 156 Å². The summed E-state index contributed by atoms with van der Waals surface area (Å²) in [7, 11) is 6.24. The second-order valence-corrected chi connectivity index (χ2v) is 24.9. The monoisotopic (exact) mass is 1650 g/mol. The lowest BCUT2D eigenvalue weighted by Gasteiger charge is -2.19. The summed E-state index contributed by atoms with van der Waals surface area (Å²) in [6.07, 6.45) is -9.27. The minimum atomic E-state index is -5.08. The Morgan fingerprint density at radius 2 is 0.726 bits per heavy atom. The maximum absolute atomic E-state index is 12.3. The Morgan fingerprint density at radius 1 is 0.451 bits per heavy atom. The molecule has 0 aliphatic rings. The van der Waals surface area contributed by atoms with Crippen LogP contribution < -0.4 is 5.48 Å². The van der Waals surface area contributed by atoms with Crippen LogP contribution in [0.2, 0.25) is 0 Å². The van der Waals surface area contributed by atoms with Crippen molar-refractivity contribution < 1.29 is 99.5 Å². The van der Waals surface area contributed by atoms with Crippen LogP contribution in [0.15, 0.2) is 121 Å². The van der Waals surface area contributed by atoms with E-state index in [0.29, 0.717) is 71.1 Å². The summed E-state index contributed by atoms with van der Waals surface area (Å²) in [5.74, 6) is -5.69. The number of carbonyl (C=O) groups is 7. The maximum atomic E-state index is 12.3. The molecule has 7 N–H and O–H groups in total. The first-order valence-electron chi connectivity index (χ1n) is 32.3. The highest BCUT2D eigenvalue weighted by molar-refractivity contribution is 9.08. The van der Waals surface area contributed by atoms with E-state index in [1.54, 1.807) is 93.0 Å². The van der Waals surface area contributed by atoms with Gasteiger partial charge < -0.3 is 34.7 Å². The largest absolute Gasteiger partial charge is 0.490 e. The Hall–Kier alpha value is -13.3. The lowest BCUT2D eigenvalue weighted by molar-refractivity contribution is -0.193. The van der Waals surface area contributed by atoms with E-state index < -0.39 is 53.4 Å². The molecule has 41 nitrogen and oxygen atoms in total. The third-order valence-electron chi connectivity index (χ3n) is 13.0. The summed E-state index contributed by atoms with van der Waals surface area (Å²) < 4.78 is 74.2. The van der Waals surface area contributed by atoms with Crippen molar-refractivity contribution in [1.82, 2.24) is 133 Å². The van der Waals surface area contributed by atoms with Gasteiger partial charge in [-0.05, 0) is 151 Å². The standard InChI is InChI=1S/C23H24N8O4.C21H21N9O4.C12H15BrO2.C3H4N8.2C2HF3O2.C2H7NO/c1-23(2,3)35-22(34)18-9-5-7-16(11-18)14-31-27-20(25-29-31)12-19-24-28-30(26-19)13-15-6-4-8-17(10-15)21(32)33;1-28(34-2)20(31)16-7-3-5-14(9-16)12-29-24-18(22-26-29)11-19-23-27-30(25-19)13-15-6-4-8-17(10-15)21(32)33;1-12(2,3)15-11(14)10-6-4-5-9(7-10)8-13;1(2-4-8-9-5-2)3-6-10-11-7-3;2*3-2(4,5)1(6)7;1-3-4-2/h4-11H,12-14H2,1-3H3,(H,32,33);3-10H,11-13H2,1-2H3,(H,32,33);4-7H,8H2,1-3H3;1H2,(H,4,5,8,9)(H,6,7,10,11);2*(H,6,7);3H,1-2H3. The molecule has 6 heterocycles. The lowest BCUT2D eigenvalue weighted by atomic mass is 10.1. The number of halogens is 7. The van der Waals surface area contributed by atoms with Gasteiger partial charge in [-0.1, -0.05) is 87.0 Å². The van der Waals surface area contributed by atoms with E-state index in [9.17, 15) is 50.3 Å². The second kappa shape index (κ2) is 43.2. The molecule has 0 fully saturated rings. The molecule has 602 valence electrons. The smallest absolute Gasteiger partial charge is 0.478 e. The first-order chi connectivity index (χ1) is 53.2. The Balaban J connectivity index is 0.000000267. The third-order valence-corrected chi connectivity index (χ3v) is 13.7. The van der Waals surface area contributed by atoms with Gasteiger partial charge in [0.15, 0.2) is 34.9 Å². The number of amides is 1. The van der Waals surface area contributed by atoms with Crippen molar-refractivity contribution in [2.45, 2.75) is 116 Å². The van der Waals surface area contributed by atoms with Gasteiger partial charge in [-0.3, -0.25) is 9.63 Å². The number of carboxylic acids is 4. The Bertz CT molecular complexity index is 4800. The number of nitrogens with zero attached hydrogens (tertiary/aromatic N) is 23. The van der Waals surface area contributed by atoms with Crippen molar-refractivity contribution in [1.29, 1.82) is 0 Å². The SMILES string of the molecule is C(c1nn[nH]n1)c1nn[nH]n1.CC(C)(C)OC(=O)c1cccc(CBr)c1.CC(C)(C)OC(=O)c1cccc(Cn2nnc(Cc3nnn(Cc4cccc(C(=O)O)c4)n3)n2)c1.CNOC.CON(C)C(=O)c1cccc(Cn2nnc(Cc3nnn(Cc4cccc(C(=O)O)c4)n3)n2)c1.O=C(O)C(F)(F)F.O=C(O)C(F)(F)F. The number of aromatic carboxylic acids is 2. The zero-order valence-electron chi connectivity index (χ0n) is 61.4. The van der Waals surface area contributed by atoms with Crippen molar-refractivity contribution in [3.05, 3.63) is 212 Å². The fourth-order valence-electron chi connectivity index (χ4n) is 8.17. The Kier molecular flexibility index (Phi) is 34.6. The van der Waals surface area contributed by atoms with E-state index in [4.69, 9.17) is 44.3 Å². The molecule has 0 atom stereocenters. The summed E-state index contributed by atoms with van der Waals surface area (Å²) in [6.45, 7) is 12.2. The normalized spacial score (nSPS) is 10.9. The van der Waals surface area contributed by atoms with Crippen molar-refractivity contribution in [3.8, 4) is 0 Å². The van der Waals surface area contributed by atoms with Crippen molar-refractivity contribution in [3.63, 3.8) is 0 Å². The molecule has 0 unspecified atom stereocenters. The fourth-order valence-corrected chi connectivity index (χ4v) is 8.52. The zero-order chi connectivity index (χ0) is 83.6. The third kappa shape index (κ3) is 33.6. The zero-order valence-corrected chi connectivity index (χ0v) is 63.0. The van der Waals surface area contributed by atoms with Crippen molar-refractivity contribution in [2.24, 2.45) is 0 Å². The van der Waals surface area contributed by atoms with E-state index in [0.717, 1.165) is 38.2 Å². The van der Waals surface area contributed by atoms with E-state index in [-0.39, 0.29) is 48.9 Å². The number of aromatic nitrogens is 24. The summed E-state index contributed by atoms with van der Waals surface area (Å²) in [5, 5.41) is 110. The van der Waals surface area contributed by atoms with Crippen LogP contribution in [-0.2, 0) is 79.5 Å².